The van der Waals surface area contributed by atoms with Crippen molar-refractivity contribution in [2.45, 2.75) is 70.8 Å². The van der Waals surface area contributed by atoms with Crippen LogP contribution in [0, 0.1) is 0 Å². The van der Waals surface area contributed by atoms with Crippen molar-refractivity contribution in [3.63, 3.8) is 0 Å². The van der Waals surface area contributed by atoms with Gasteiger partial charge in [0.2, 0.25) is 5.91 Å². The minimum absolute atomic E-state index is 0. The Balaban J connectivity index is 0.00000648. The van der Waals surface area contributed by atoms with Crippen LogP contribution in [0.25, 0.3) is 5.32 Å². The van der Waals surface area contributed by atoms with Crippen LogP contribution in [0.3, 0.4) is 0 Å². The molecule has 2 rings (SSSR count). The molecule has 0 radical (unpaired) electrons. The number of hydrogen-bond donors (Lipinski definition) is 2. The van der Waals surface area contributed by atoms with E-state index in [-0.39, 0.29) is 88.9 Å². The van der Waals surface area contributed by atoms with Crippen molar-refractivity contribution in [1.29, 1.82) is 0 Å². The van der Waals surface area contributed by atoms with E-state index >= 15 is 0 Å². The van der Waals surface area contributed by atoms with Crippen molar-refractivity contribution in [2.24, 2.45) is 0 Å². The number of hydrogen-bond acceptors (Lipinski definition) is 6. The Hall–Kier alpha value is -1.19. The number of carbonyl (C=O) groups is 4. The topological polar surface area (TPSA) is 116 Å². The van der Waals surface area contributed by atoms with Crippen LogP contribution < -0.4 is 68.8 Å². The summed E-state index contributed by atoms with van der Waals surface area (Å²) in [7, 11) is 1.86. The second kappa shape index (κ2) is 19.9. The third kappa shape index (κ3) is 12.9. The molecule has 8 nitrogen and oxygen atoms in total. The van der Waals surface area contributed by atoms with Gasteiger partial charge in [-0.1, -0.05) is 36.2 Å². The van der Waals surface area contributed by atoms with Crippen molar-refractivity contribution in [1.82, 2.24) is 10.6 Å². The normalized spacial score (nSPS) is 12.9. The summed E-state index contributed by atoms with van der Waals surface area (Å²) in [6, 6.07) is 7.24. The third-order valence-electron chi connectivity index (χ3n) is 5.94. The number of benzene rings is 1. The number of aldehydes is 1. The SMILES string of the molecule is CNC1=C(C(=O)c2ccc(C[N-]C(=O)COCCCC(=O)NCCCCCC=O)cc2)CCCC1.[Rb+]. The van der Waals surface area contributed by atoms with Crippen LogP contribution in [0.4, 0.5) is 0 Å². The molecule has 0 atom stereocenters. The second-order valence-corrected chi connectivity index (χ2v) is 8.67. The molecular formula is C27H38N3O5Rb. The van der Waals surface area contributed by atoms with Gasteiger partial charge in [-0.2, -0.15) is 0 Å². The number of amides is 2. The van der Waals surface area contributed by atoms with Crippen LogP contribution in [0.15, 0.2) is 35.5 Å². The maximum Gasteiger partial charge on any atom is 1.00 e. The van der Waals surface area contributed by atoms with Crippen LogP contribution in [0.1, 0.15) is 80.1 Å². The third-order valence-corrected chi connectivity index (χ3v) is 5.94. The Bertz CT molecular complexity index is 871. The van der Waals surface area contributed by atoms with E-state index in [0.717, 1.165) is 68.1 Å². The zero-order valence-corrected chi connectivity index (χ0v) is 26.7. The van der Waals surface area contributed by atoms with E-state index in [2.05, 4.69) is 16.0 Å². The van der Waals surface area contributed by atoms with Crippen molar-refractivity contribution in [2.75, 3.05) is 26.8 Å². The Morgan fingerprint density at radius 3 is 2.50 bits per heavy atom. The van der Waals surface area contributed by atoms with Crippen molar-refractivity contribution >= 4 is 23.9 Å². The molecule has 0 fully saturated rings. The molecule has 9 heteroatoms. The van der Waals surface area contributed by atoms with Crippen LogP contribution in [-0.4, -0.2) is 50.7 Å². The molecule has 0 heterocycles. The molecular weight excluding hydrogens is 532 g/mol. The molecule has 2 N–H and O–H groups in total. The van der Waals surface area contributed by atoms with E-state index in [0.29, 0.717) is 38.0 Å². The van der Waals surface area contributed by atoms with Gasteiger partial charge in [-0.3, -0.25) is 9.59 Å². The van der Waals surface area contributed by atoms with Crippen LogP contribution in [-0.2, 0) is 25.7 Å². The molecule has 36 heavy (non-hydrogen) atoms. The number of ketones is 1. The number of nitrogens with one attached hydrogen (secondary N) is 2. The molecule has 0 saturated carbocycles. The fourth-order valence-corrected chi connectivity index (χ4v) is 3.93. The van der Waals surface area contributed by atoms with E-state index in [1.165, 1.54) is 0 Å². The van der Waals surface area contributed by atoms with Crippen molar-refractivity contribution in [3.05, 3.63) is 52.0 Å². The molecule has 1 aromatic carbocycles. The van der Waals surface area contributed by atoms with Crippen LogP contribution in [0.5, 0.6) is 0 Å². The number of Topliss-reactive ketones (excluding diaryl/α,β-unsaturated/α-hetero) is 1. The zero-order chi connectivity index (χ0) is 25.3. The number of carbonyl (C=O) groups excluding carboxylic acids is 4. The van der Waals surface area contributed by atoms with Gasteiger partial charge in [0.25, 0.3) is 0 Å². The molecule has 1 aliphatic carbocycles. The van der Waals surface area contributed by atoms with Gasteiger partial charge < -0.3 is 30.3 Å². The first kappa shape index (κ1) is 32.8. The summed E-state index contributed by atoms with van der Waals surface area (Å²) in [6.45, 7) is 1.04. The molecule has 0 aromatic heterocycles. The minimum atomic E-state index is -0.351. The summed E-state index contributed by atoms with van der Waals surface area (Å²) in [4.78, 5) is 46.8. The first-order chi connectivity index (χ1) is 17.0. The summed E-state index contributed by atoms with van der Waals surface area (Å²) in [5, 5.41) is 10.0. The molecule has 0 unspecified atom stereocenters. The monoisotopic (exact) mass is 569 g/mol. The fraction of sp³-hybridized carbons (Fsp3) is 0.556. The van der Waals surface area contributed by atoms with E-state index in [1.54, 1.807) is 12.1 Å². The Morgan fingerprint density at radius 1 is 1.03 bits per heavy atom. The Kier molecular flexibility index (Phi) is 18.1. The van der Waals surface area contributed by atoms with Gasteiger partial charge in [0.05, 0.1) is 12.5 Å². The predicted octanol–water partition coefficient (Wildman–Crippen LogP) is 0.993. The van der Waals surface area contributed by atoms with E-state index in [1.807, 2.05) is 19.2 Å². The first-order valence-corrected chi connectivity index (χ1v) is 12.6. The molecule has 0 spiro atoms. The van der Waals surface area contributed by atoms with E-state index in [4.69, 9.17) is 4.74 Å². The second-order valence-electron chi connectivity index (χ2n) is 8.67. The predicted molar refractivity (Wildman–Crippen MR) is 135 cm³/mol. The van der Waals surface area contributed by atoms with Gasteiger partial charge in [0.15, 0.2) is 5.78 Å². The average molecular weight is 570 g/mol. The maximum absolute atomic E-state index is 12.8. The van der Waals surface area contributed by atoms with E-state index in [9.17, 15) is 19.2 Å². The van der Waals surface area contributed by atoms with Gasteiger partial charge in [-0.25, -0.2) is 0 Å². The largest absolute Gasteiger partial charge is 1.00 e. The van der Waals surface area contributed by atoms with Gasteiger partial charge in [-0.05, 0) is 44.9 Å². The fourth-order valence-electron chi connectivity index (χ4n) is 3.93. The van der Waals surface area contributed by atoms with E-state index < -0.39 is 0 Å². The van der Waals surface area contributed by atoms with Gasteiger partial charge in [0.1, 0.15) is 6.29 Å². The number of nitrogens with zero attached hydrogens (tertiary/aromatic N) is 1. The number of allylic oxidation sites excluding steroid dienone is 2. The Labute approximate surface area is 263 Å². The molecule has 1 aliphatic rings. The minimum Gasteiger partial charge on any atom is -0.648 e. The summed E-state index contributed by atoms with van der Waals surface area (Å²) in [5.41, 5.74) is 3.40. The van der Waals surface area contributed by atoms with Gasteiger partial charge in [-0.15, -0.1) is 6.54 Å². The number of ether oxygens (including phenoxy) is 1. The van der Waals surface area contributed by atoms with Gasteiger partial charge >= 0.3 is 58.2 Å². The summed E-state index contributed by atoms with van der Waals surface area (Å²) in [5.74, 6) is -0.329. The molecule has 192 valence electrons. The van der Waals surface area contributed by atoms with Crippen LogP contribution in [0.2, 0.25) is 0 Å². The van der Waals surface area contributed by atoms with Gasteiger partial charge in [0, 0.05) is 49.9 Å². The number of rotatable bonds is 17. The molecule has 0 saturated heterocycles. The first-order valence-electron chi connectivity index (χ1n) is 12.6. The molecule has 0 aliphatic heterocycles. The summed E-state index contributed by atoms with van der Waals surface area (Å²) >= 11 is 0. The zero-order valence-electron chi connectivity index (χ0n) is 21.8. The van der Waals surface area contributed by atoms with Crippen molar-refractivity contribution in [3.8, 4) is 0 Å². The molecule has 0 bridgehead atoms. The van der Waals surface area contributed by atoms with Crippen molar-refractivity contribution < 1.29 is 82.1 Å². The maximum atomic E-state index is 12.8. The smallest absolute Gasteiger partial charge is 0.648 e. The summed E-state index contributed by atoms with van der Waals surface area (Å²) in [6.07, 6.45) is 8.84. The average Bonchev–Trinajstić information content (AvgIpc) is 2.89. The standard InChI is InChI=1S/C27H39N3O5.Rb/c1-28-24-10-5-4-9-23(24)27(34)22-14-12-21(13-15-22)19-30-26(33)20-35-18-8-11-25(32)29-16-6-2-3-7-17-31;/h12-15,17H,2-11,16,18-20H2,1H3,(H3,28,29,30,32,33,34);/q;+1/p-1. The quantitative estimate of drug-likeness (QED) is 0.164. The summed E-state index contributed by atoms with van der Waals surface area (Å²) < 4.78 is 5.33. The molecule has 2 amide bonds. The molecule has 1 aromatic rings. The Morgan fingerprint density at radius 2 is 1.78 bits per heavy atom. The van der Waals surface area contributed by atoms with Crippen LogP contribution >= 0.6 is 0 Å². The number of unbranched alkanes of at least 4 members (excludes halogenated alkanes) is 3.